The summed E-state index contributed by atoms with van der Waals surface area (Å²) in [7, 11) is 0. The Bertz CT molecular complexity index is 987. The van der Waals surface area contributed by atoms with Gasteiger partial charge in [-0.05, 0) is 55.2 Å². The number of nitrogens with one attached hydrogen (secondary N) is 1. The highest BCUT2D eigenvalue weighted by Gasteiger charge is 2.36. The van der Waals surface area contributed by atoms with E-state index in [4.69, 9.17) is 28.6 Å². The van der Waals surface area contributed by atoms with Crippen LogP contribution in [0.2, 0.25) is 5.02 Å². The zero-order chi connectivity index (χ0) is 21.1. The lowest BCUT2D eigenvalue weighted by Gasteiger charge is -2.41. The average molecular weight is 441 g/mol. The smallest absolute Gasteiger partial charge is 0.173 e. The number of Topliss-reactive ketones (excluding diaryl/α,β-unsaturated/α-hetero) is 1. The summed E-state index contributed by atoms with van der Waals surface area (Å²) in [6.45, 7) is 3.37. The summed E-state index contributed by atoms with van der Waals surface area (Å²) >= 11 is 11.8. The minimum absolute atomic E-state index is 0.203. The molecule has 2 aromatic carbocycles. The highest BCUT2D eigenvalue weighted by Crippen LogP contribution is 2.37. The number of hydrogen-bond acceptors (Lipinski definition) is 3. The standard InChI is InChI=1S/C24H25ClN2O2S/c1-2-14-27-20-8-5-9-21(28)22(20)23(26-24(27)30)16-10-12-18(13-11-16)29-15-17-6-3-4-7-19(17)25/h3-4,6-7,10-13,23H,2,5,8-9,14-15H2,1H3,(H,26,30). The van der Waals surface area contributed by atoms with Crippen molar-refractivity contribution in [1.29, 1.82) is 0 Å². The molecule has 0 aromatic heterocycles. The average Bonchev–Trinajstić information content (AvgIpc) is 2.75. The Labute approximate surface area is 187 Å². The first-order valence-corrected chi connectivity index (χ1v) is 11.2. The van der Waals surface area contributed by atoms with Gasteiger partial charge in [0.1, 0.15) is 12.4 Å². The highest BCUT2D eigenvalue weighted by molar-refractivity contribution is 7.80. The molecule has 1 heterocycles. The van der Waals surface area contributed by atoms with Crippen LogP contribution in [0.1, 0.15) is 49.8 Å². The molecule has 0 saturated carbocycles. The predicted molar refractivity (Wildman–Crippen MR) is 124 cm³/mol. The normalized spacial score (nSPS) is 18.9. The van der Waals surface area contributed by atoms with Gasteiger partial charge < -0.3 is 15.0 Å². The van der Waals surface area contributed by atoms with Crippen LogP contribution in [0.15, 0.2) is 59.8 Å². The number of nitrogens with zero attached hydrogens (tertiary/aromatic N) is 1. The van der Waals surface area contributed by atoms with Crippen LogP contribution in [-0.2, 0) is 11.4 Å². The van der Waals surface area contributed by atoms with Gasteiger partial charge in [0.2, 0.25) is 0 Å². The molecular weight excluding hydrogens is 416 g/mol. The number of carbonyl (C=O) groups is 1. The fraction of sp³-hybridized carbons (Fsp3) is 0.333. The van der Waals surface area contributed by atoms with Gasteiger partial charge in [0.05, 0.1) is 6.04 Å². The van der Waals surface area contributed by atoms with Gasteiger partial charge in [0, 0.05) is 34.8 Å². The second-order valence-corrected chi connectivity index (χ2v) is 8.41. The molecule has 2 aliphatic rings. The minimum Gasteiger partial charge on any atom is -0.489 e. The van der Waals surface area contributed by atoms with Crippen LogP contribution >= 0.6 is 23.8 Å². The third-order valence-corrected chi connectivity index (χ3v) is 6.28. The fourth-order valence-corrected chi connectivity index (χ4v) is 4.60. The van der Waals surface area contributed by atoms with E-state index in [1.165, 1.54) is 0 Å². The SMILES string of the molecule is CCCN1C(=S)NC(c2ccc(OCc3ccccc3Cl)cc2)C2=C1CCCC2=O. The monoisotopic (exact) mass is 440 g/mol. The van der Waals surface area contributed by atoms with Gasteiger partial charge in [0.15, 0.2) is 10.9 Å². The summed E-state index contributed by atoms with van der Waals surface area (Å²) in [5.74, 6) is 0.977. The largest absolute Gasteiger partial charge is 0.489 e. The Kier molecular flexibility index (Phi) is 6.40. The molecule has 2 aromatic rings. The number of allylic oxidation sites excluding steroid dienone is 1. The quantitative estimate of drug-likeness (QED) is 0.595. The molecule has 0 fully saturated rings. The molecule has 1 aliphatic carbocycles. The van der Waals surface area contributed by atoms with Crippen LogP contribution in [0.3, 0.4) is 0 Å². The van der Waals surface area contributed by atoms with E-state index in [1.807, 2.05) is 48.5 Å². The van der Waals surface area contributed by atoms with Crippen LogP contribution in [0.5, 0.6) is 5.75 Å². The van der Waals surface area contributed by atoms with Crippen LogP contribution < -0.4 is 10.1 Å². The molecular formula is C24H25ClN2O2S. The number of ether oxygens (including phenoxy) is 1. The van der Waals surface area contributed by atoms with Gasteiger partial charge in [-0.25, -0.2) is 0 Å². The molecule has 4 nitrogen and oxygen atoms in total. The minimum atomic E-state index is -0.203. The molecule has 0 spiro atoms. The lowest BCUT2D eigenvalue weighted by atomic mass is 9.85. The maximum Gasteiger partial charge on any atom is 0.173 e. The van der Waals surface area contributed by atoms with Gasteiger partial charge in [-0.15, -0.1) is 0 Å². The van der Waals surface area contributed by atoms with E-state index in [0.29, 0.717) is 23.2 Å². The van der Waals surface area contributed by atoms with Crippen molar-refractivity contribution in [3.05, 3.63) is 76.0 Å². The molecule has 0 saturated heterocycles. The topological polar surface area (TPSA) is 41.6 Å². The van der Waals surface area contributed by atoms with Crippen LogP contribution in [0.4, 0.5) is 0 Å². The van der Waals surface area contributed by atoms with E-state index in [-0.39, 0.29) is 11.8 Å². The summed E-state index contributed by atoms with van der Waals surface area (Å²) in [4.78, 5) is 14.9. The Morgan fingerprint density at radius 1 is 1.17 bits per heavy atom. The lowest BCUT2D eigenvalue weighted by Crippen LogP contribution is -2.49. The molecule has 1 atom stereocenters. The number of ketones is 1. The predicted octanol–water partition coefficient (Wildman–Crippen LogP) is 5.57. The molecule has 4 rings (SSSR count). The Morgan fingerprint density at radius 3 is 2.67 bits per heavy atom. The molecule has 0 amide bonds. The van der Waals surface area contributed by atoms with Gasteiger partial charge >= 0.3 is 0 Å². The van der Waals surface area contributed by atoms with Gasteiger partial charge in [-0.2, -0.15) is 0 Å². The first kappa shape index (κ1) is 20.9. The highest BCUT2D eigenvalue weighted by atomic mass is 35.5. The van der Waals surface area contributed by atoms with Crippen LogP contribution in [-0.4, -0.2) is 22.3 Å². The summed E-state index contributed by atoms with van der Waals surface area (Å²) in [5.41, 5.74) is 3.93. The van der Waals surface area contributed by atoms with E-state index in [1.54, 1.807) is 0 Å². The number of benzene rings is 2. The Hall–Kier alpha value is -2.37. The molecule has 1 aliphatic heterocycles. The first-order valence-electron chi connectivity index (χ1n) is 10.4. The zero-order valence-corrected chi connectivity index (χ0v) is 18.6. The lowest BCUT2D eigenvalue weighted by molar-refractivity contribution is -0.116. The molecule has 0 radical (unpaired) electrons. The summed E-state index contributed by atoms with van der Waals surface area (Å²) in [6, 6.07) is 15.3. The number of rotatable bonds is 6. The van der Waals surface area contributed by atoms with Crippen molar-refractivity contribution in [3.8, 4) is 5.75 Å². The third kappa shape index (κ3) is 4.23. The molecule has 0 bridgehead atoms. The van der Waals surface area contributed by atoms with Crippen molar-refractivity contribution >= 4 is 34.7 Å². The summed E-state index contributed by atoms with van der Waals surface area (Å²) in [6.07, 6.45) is 3.37. The van der Waals surface area contributed by atoms with Crippen molar-refractivity contribution < 1.29 is 9.53 Å². The van der Waals surface area contributed by atoms with Gasteiger partial charge in [0.25, 0.3) is 0 Å². The Morgan fingerprint density at radius 2 is 1.93 bits per heavy atom. The van der Waals surface area contributed by atoms with Crippen molar-refractivity contribution in [2.24, 2.45) is 0 Å². The maximum atomic E-state index is 12.8. The number of carbonyl (C=O) groups excluding carboxylic acids is 1. The molecule has 30 heavy (non-hydrogen) atoms. The molecule has 1 unspecified atom stereocenters. The number of thiocarbonyl (C=S) groups is 1. The number of halogens is 1. The second-order valence-electron chi connectivity index (χ2n) is 7.62. The first-order chi connectivity index (χ1) is 14.6. The zero-order valence-electron chi connectivity index (χ0n) is 17.0. The van der Waals surface area contributed by atoms with Crippen molar-refractivity contribution in [1.82, 2.24) is 10.2 Å². The fourth-order valence-electron chi connectivity index (χ4n) is 4.09. The summed E-state index contributed by atoms with van der Waals surface area (Å²) < 4.78 is 5.90. The van der Waals surface area contributed by atoms with E-state index < -0.39 is 0 Å². The van der Waals surface area contributed by atoms with Crippen molar-refractivity contribution in [3.63, 3.8) is 0 Å². The van der Waals surface area contributed by atoms with E-state index in [9.17, 15) is 4.79 Å². The molecule has 6 heteroatoms. The van der Waals surface area contributed by atoms with E-state index in [2.05, 4.69) is 17.1 Å². The van der Waals surface area contributed by atoms with E-state index in [0.717, 1.165) is 54.0 Å². The Balaban J connectivity index is 1.56. The van der Waals surface area contributed by atoms with Crippen molar-refractivity contribution in [2.45, 2.75) is 45.3 Å². The summed E-state index contributed by atoms with van der Waals surface area (Å²) in [5, 5.41) is 4.80. The maximum absolute atomic E-state index is 12.8. The molecule has 1 N–H and O–H groups in total. The van der Waals surface area contributed by atoms with Gasteiger partial charge in [-0.1, -0.05) is 48.9 Å². The second kappa shape index (κ2) is 9.19. The van der Waals surface area contributed by atoms with Gasteiger partial charge in [-0.3, -0.25) is 4.79 Å². The molecule has 156 valence electrons. The number of hydrogen-bond donors (Lipinski definition) is 1. The third-order valence-electron chi connectivity index (χ3n) is 5.57. The van der Waals surface area contributed by atoms with E-state index >= 15 is 0 Å². The van der Waals surface area contributed by atoms with Crippen LogP contribution in [0, 0.1) is 0 Å². The van der Waals surface area contributed by atoms with Crippen LogP contribution in [0.25, 0.3) is 0 Å². The van der Waals surface area contributed by atoms with Crippen molar-refractivity contribution in [2.75, 3.05) is 6.54 Å².